The second kappa shape index (κ2) is 3.20. The van der Waals surface area contributed by atoms with Crippen molar-refractivity contribution in [1.29, 1.82) is 0 Å². The molecule has 3 aliphatic rings. The van der Waals surface area contributed by atoms with Crippen molar-refractivity contribution < 1.29 is 14.3 Å². The molecule has 0 radical (unpaired) electrons. The van der Waals surface area contributed by atoms with Gasteiger partial charge < -0.3 is 9.47 Å². The van der Waals surface area contributed by atoms with Gasteiger partial charge >= 0.3 is 5.97 Å². The summed E-state index contributed by atoms with van der Waals surface area (Å²) in [5.74, 6) is -0.0594. The number of benzene rings is 1. The third kappa shape index (κ3) is 1.17. The minimum atomic E-state index is -0.145. The Hall–Kier alpha value is -1.61. The summed E-state index contributed by atoms with van der Waals surface area (Å²) in [5.41, 5.74) is 1.07. The van der Waals surface area contributed by atoms with Gasteiger partial charge in [-0.3, -0.25) is 4.79 Å². The van der Waals surface area contributed by atoms with E-state index in [9.17, 15) is 4.79 Å². The second-order valence-electron chi connectivity index (χ2n) is 4.82. The van der Waals surface area contributed by atoms with Crippen LogP contribution in [0.4, 0.5) is 0 Å². The van der Waals surface area contributed by atoms with E-state index in [0.717, 1.165) is 5.56 Å². The molecule has 3 heterocycles. The van der Waals surface area contributed by atoms with Crippen LogP contribution in [0.1, 0.15) is 11.7 Å². The predicted octanol–water partition coefficient (Wildman–Crippen LogP) is 1.85. The van der Waals surface area contributed by atoms with Crippen molar-refractivity contribution in [2.75, 3.05) is 0 Å². The Bertz CT molecular complexity index is 493. The summed E-state index contributed by atoms with van der Waals surface area (Å²) in [6, 6.07) is 9.93. The summed E-state index contributed by atoms with van der Waals surface area (Å²) >= 11 is 0. The van der Waals surface area contributed by atoms with E-state index in [1.54, 1.807) is 0 Å². The highest BCUT2D eigenvalue weighted by molar-refractivity contribution is 5.78. The second-order valence-corrected chi connectivity index (χ2v) is 4.82. The van der Waals surface area contributed by atoms with Crippen molar-refractivity contribution in [1.82, 2.24) is 0 Å². The summed E-state index contributed by atoms with van der Waals surface area (Å²) in [6.07, 6.45) is 3.88. The van der Waals surface area contributed by atoms with E-state index in [2.05, 4.69) is 6.08 Å². The van der Waals surface area contributed by atoms with Crippen LogP contribution in [0, 0.1) is 11.8 Å². The van der Waals surface area contributed by atoms with Gasteiger partial charge in [0.15, 0.2) is 0 Å². The molecule has 0 spiro atoms. The molecule has 0 saturated carbocycles. The number of hydrogen-bond donors (Lipinski definition) is 0. The predicted molar refractivity (Wildman–Crippen MR) is 60.1 cm³/mol. The van der Waals surface area contributed by atoms with Gasteiger partial charge in [-0.25, -0.2) is 0 Å². The Labute approximate surface area is 99.0 Å². The van der Waals surface area contributed by atoms with Gasteiger partial charge in [-0.15, -0.1) is 0 Å². The van der Waals surface area contributed by atoms with Crippen LogP contribution >= 0.6 is 0 Å². The van der Waals surface area contributed by atoms with E-state index in [0.29, 0.717) is 0 Å². The van der Waals surface area contributed by atoms with Gasteiger partial charge in [-0.05, 0) is 5.56 Å². The van der Waals surface area contributed by atoms with Gasteiger partial charge in [0.2, 0.25) is 0 Å². The van der Waals surface area contributed by atoms with Gasteiger partial charge in [0.1, 0.15) is 6.10 Å². The number of carbonyl (C=O) groups excluding carboxylic acids is 1. The van der Waals surface area contributed by atoms with Crippen LogP contribution < -0.4 is 0 Å². The van der Waals surface area contributed by atoms with Crippen LogP contribution in [0.2, 0.25) is 0 Å². The van der Waals surface area contributed by atoms with Crippen LogP contribution in [0.25, 0.3) is 0 Å². The number of rotatable bonds is 1. The van der Waals surface area contributed by atoms with Crippen LogP contribution in [-0.4, -0.2) is 18.2 Å². The summed E-state index contributed by atoms with van der Waals surface area (Å²) in [7, 11) is 0. The molecular weight excluding hydrogens is 216 g/mol. The lowest BCUT2D eigenvalue weighted by Gasteiger charge is -2.20. The van der Waals surface area contributed by atoms with E-state index >= 15 is 0 Å². The Balaban J connectivity index is 1.75. The molecule has 0 amide bonds. The number of cyclic esters (lactones) is 1. The minimum Gasteiger partial charge on any atom is -0.457 e. The molecule has 0 aromatic heterocycles. The fraction of sp³-hybridized carbons (Fsp3) is 0.357. The number of hydrogen-bond acceptors (Lipinski definition) is 3. The van der Waals surface area contributed by atoms with Crippen molar-refractivity contribution in [3.05, 3.63) is 48.0 Å². The summed E-state index contributed by atoms with van der Waals surface area (Å²) in [4.78, 5) is 11.9. The van der Waals surface area contributed by atoms with Crippen LogP contribution in [0.3, 0.4) is 0 Å². The van der Waals surface area contributed by atoms with Crippen molar-refractivity contribution in [3.63, 3.8) is 0 Å². The maximum atomic E-state index is 11.9. The molecule has 3 nitrogen and oxygen atoms in total. The Morgan fingerprint density at radius 1 is 1.00 bits per heavy atom. The van der Waals surface area contributed by atoms with Gasteiger partial charge in [0, 0.05) is 5.92 Å². The van der Waals surface area contributed by atoms with E-state index in [-0.39, 0.29) is 36.1 Å². The fourth-order valence-electron chi connectivity index (χ4n) is 3.21. The first-order valence-corrected chi connectivity index (χ1v) is 5.94. The van der Waals surface area contributed by atoms with Crippen molar-refractivity contribution in [2.45, 2.75) is 18.3 Å². The Morgan fingerprint density at radius 2 is 1.76 bits per heavy atom. The molecule has 5 atom stereocenters. The molecule has 17 heavy (non-hydrogen) atoms. The first-order valence-electron chi connectivity index (χ1n) is 5.94. The Kier molecular flexibility index (Phi) is 1.77. The largest absolute Gasteiger partial charge is 0.457 e. The average molecular weight is 228 g/mol. The first-order chi connectivity index (χ1) is 8.34. The molecule has 4 rings (SSSR count). The monoisotopic (exact) mass is 228 g/mol. The standard InChI is InChI=1S/C14H12O3/c15-14-12-10-7-6-9(16-10)11(12)13(17-14)8-4-2-1-3-5-8/h1-7,9-13H/t9-,10+,11-,12+,13-/m0/s1. The van der Waals surface area contributed by atoms with Gasteiger partial charge in [0.25, 0.3) is 0 Å². The topological polar surface area (TPSA) is 35.5 Å². The van der Waals surface area contributed by atoms with Gasteiger partial charge in [-0.2, -0.15) is 0 Å². The van der Waals surface area contributed by atoms with E-state index in [1.807, 2.05) is 36.4 Å². The lowest BCUT2D eigenvalue weighted by atomic mass is 9.80. The van der Waals surface area contributed by atoms with E-state index in [4.69, 9.17) is 9.47 Å². The van der Waals surface area contributed by atoms with Crippen molar-refractivity contribution in [3.8, 4) is 0 Å². The Morgan fingerprint density at radius 3 is 2.59 bits per heavy atom. The summed E-state index contributed by atoms with van der Waals surface area (Å²) < 4.78 is 11.3. The zero-order chi connectivity index (χ0) is 11.4. The SMILES string of the molecule is O=C1O[C@@H](c2ccccc2)[C@@H]2[C@H]1[C@H]1C=C[C@@H]2O1. The van der Waals surface area contributed by atoms with Gasteiger partial charge in [0.05, 0.1) is 18.1 Å². The molecule has 1 aromatic rings. The molecule has 2 bridgehead atoms. The van der Waals surface area contributed by atoms with E-state index < -0.39 is 0 Å². The highest BCUT2D eigenvalue weighted by Gasteiger charge is 2.59. The van der Waals surface area contributed by atoms with Crippen LogP contribution in [-0.2, 0) is 14.3 Å². The third-order valence-corrected chi connectivity index (χ3v) is 3.95. The molecule has 2 saturated heterocycles. The number of esters is 1. The average Bonchev–Trinajstić information content (AvgIpc) is 3.03. The number of ether oxygens (including phenoxy) is 2. The quantitative estimate of drug-likeness (QED) is 0.543. The maximum Gasteiger partial charge on any atom is 0.313 e. The van der Waals surface area contributed by atoms with Crippen molar-refractivity contribution in [2.24, 2.45) is 11.8 Å². The molecule has 1 aromatic carbocycles. The number of fused-ring (bicyclic) bond motifs is 5. The first kappa shape index (κ1) is 9.42. The molecule has 3 aliphatic heterocycles. The van der Waals surface area contributed by atoms with Crippen LogP contribution in [0.5, 0.6) is 0 Å². The van der Waals surface area contributed by atoms with Crippen molar-refractivity contribution >= 4 is 5.97 Å². The van der Waals surface area contributed by atoms with Crippen LogP contribution in [0.15, 0.2) is 42.5 Å². The van der Waals surface area contributed by atoms with Gasteiger partial charge in [-0.1, -0.05) is 42.5 Å². The molecule has 0 N–H and O–H groups in total. The van der Waals surface area contributed by atoms with E-state index in [1.165, 1.54) is 0 Å². The summed E-state index contributed by atoms with van der Waals surface area (Å²) in [5, 5.41) is 0. The lowest BCUT2D eigenvalue weighted by Crippen LogP contribution is -2.25. The normalized spacial score (nSPS) is 41.6. The highest BCUT2D eigenvalue weighted by atomic mass is 16.6. The molecule has 3 heteroatoms. The highest BCUT2D eigenvalue weighted by Crippen LogP contribution is 2.51. The molecule has 0 unspecified atom stereocenters. The molecule has 86 valence electrons. The minimum absolute atomic E-state index is 0.0432. The molecule has 2 fully saturated rings. The third-order valence-electron chi connectivity index (χ3n) is 3.95. The summed E-state index contributed by atoms with van der Waals surface area (Å²) in [6.45, 7) is 0. The smallest absolute Gasteiger partial charge is 0.313 e. The molecule has 0 aliphatic carbocycles. The zero-order valence-corrected chi connectivity index (χ0v) is 9.15. The molecular formula is C14H12O3. The maximum absolute atomic E-state index is 11.9. The zero-order valence-electron chi connectivity index (χ0n) is 9.15. The fourth-order valence-corrected chi connectivity index (χ4v) is 3.21. The number of carbonyl (C=O) groups is 1. The lowest BCUT2D eigenvalue weighted by molar-refractivity contribution is -0.147.